The van der Waals surface area contributed by atoms with E-state index in [0.717, 1.165) is 31.9 Å². The van der Waals surface area contributed by atoms with E-state index in [1.54, 1.807) is 0 Å². The lowest BCUT2D eigenvalue weighted by atomic mass is 10.2. The Labute approximate surface area is 124 Å². The van der Waals surface area contributed by atoms with Crippen LogP contribution in [-0.4, -0.2) is 49.6 Å². The molecule has 1 aliphatic rings. The summed E-state index contributed by atoms with van der Waals surface area (Å²) in [7, 11) is 2.15. The van der Waals surface area contributed by atoms with Crippen LogP contribution in [0.25, 0.3) is 0 Å². The Balaban J connectivity index is 2.05. The Morgan fingerprint density at radius 2 is 1.90 bits per heavy atom. The number of hydrogen-bond donors (Lipinski definition) is 1. The van der Waals surface area contributed by atoms with E-state index in [2.05, 4.69) is 39.3 Å². The van der Waals surface area contributed by atoms with Gasteiger partial charge in [-0.2, -0.15) is 5.26 Å². The summed E-state index contributed by atoms with van der Waals surface area (Å²) in [6, 6.07) is 8.16. The minimum absolute atomic E-state index is 0.611. The van der Waals surface area contributed by atoms with Crippen LogP contribution in [0.1, 0.15) is 0 Å². The molecule has 6 heteroatoms. The van der Waals surface area contributed by atoms with Gasteiger partial charge in [0, 0.05) is 31.9 Å². The van der Waals surface area contributed by atoms with Crippen molar-refractivity contribution in [3.8, 4) is 6.19 Å². The highest BCUT2D eigenvalue weighted by Crippen LogP contribution is 2.21. The molecule has 106 valence electrons. The second-order valence-corrected chi connectivity index (χ2v) is 5.46. The summed E-state index contributed by atoms with van der Waals surface area (Å²) in [6.45, 7) is 4.32. The number of nitriles is 1. The minimum atomic E-state index is 0.611. The molecule has 0 amide bonds. The van der Waals surface area contributed by atoms with E-state index in [4.69, 9.17) is 5.26 Å². The molecule has 1 heterocycles. The summed E-state index contributed by atoms with van der Waals surface area (Å²) >= 11 is 1.42. The fourth-order valence-corrected chi connectivity index (χ4v) is 2.44. The fourth-order valence-electron chi connectivity index (χ4n) is 2.09. The van der Waals surface area contributed by atoms with Gasteiger partial charge in [0.15, 0.2) is 11.4 Å². The average Bonchev–Trinajstić information content (AvgIpc) is 2.48. The van der Waals surface area contributed by atoms with Gasteiger partial charge in [-0.05, 0) is 37.6 Å². The molecule has 0 spiro atoms. The highest BCUT2D eigenvalue weighted by atomic mass is 32.2. The van der Waals surface area contributed by atoms with Crippen LogP contribution in [0.4, 0.5) is 11.4 Å². The molecule has 2 rings (SSSR count). The van der Waals surface area contributed by atoms with E-state index in [1.165, 1.54) is 17.4 Å². The van der Waals surface area contributed by atoms with Gasteiger partial charge in [-0.3, -0.25) is 5.32 Å². The second-order valence-electron chi connectivity index (χ2n) is 4.66. The van der Waals surface area contributed by atoms with Crippen molar-refractivity contribution in [2.24, 2.45) is 4.99 Å². The maximum Gasteiger partial charge on any atom is 0.183 e. The van der Waals surface area contributed by atoms with Crippen LogP contribution in [0.5, 0.6) is 0 Å². The third kappa shape index (κ3) is 3.89. The predicted molar refractivity (Wildman–Crippen MR) is 85.5 cm³/mol. The molecule has 0 aliphatic carbocycles. The van der Waals surface area contributed by atoms with Gasteiger partial charge in [0.2, 0.25) is 0 Å². The van der Waals surface area contributed by atoms with Crippen LogP contribution in [0.3, 0.4) is 0 Å². The molecule has 0 unspecified atom stereocenters. The first-order valence-electron chi connectivity index (χ1n) is 6.54. The van der Waals surface area contributed by atoms with E-state index in [0.29, 0.717) is 5.17 Å². The Hall–Kier alpha value is -1.71. The van der Waals surface area contributed by atoms with E-state index in [-0.39, 0.29) is 0 Å². The number of rotatable bonds is 2. The van der Waals surface area contributed by atoms with Gasteiger partial charge in [0.25, 0.3) is 0 Å². The quantitative estimate of drug-likeness (QED) is 0.390. The topological polar surface area (TPSA) is 54.7 Å². The first-order chi connectivity index (χ1) is 9.72. The molecule has 0 aromatic heterocycles. The number of anilines is 1. The molecule has 0 radical (unpaired) electrons. The minimum Gasteiger partial charge on any atom is -0.369 e. The van der Waals surface area contributed by atoms with Crippen molar-refractivity contribution in [2.75, 3.05) is 44.4 Å². The molecule has 5 nitrogen and oxygen atoms in total. The van der Waals surface area contributed by atoms with Gasteiger partial charge in [0.1, 0.15) is 0 Å². The molecule has 1 N–H and O–H groups in total. The molecule has 1 aromatic rings. The van der Waals surface area contributed by atoms with Crippen LogP contribution in [0, 0.1) is 11.5 Å². The lowest BCUT2D eigenvalue weighted by molar-refractivity contribution is 0.313. The van der Waals surface area contributed by atoms with E-state index < -0.39 is 0 Å². The highest BCUT2D eigenvalue weighted by Gasteiger charge is 2.13. The maximum atomic E-state index is 8.62. The van der Waals surface area contributed by atoms with Gasteiger partial charge >= 0.3 is 0 Å². The highest BCUT2D eigenvalue weighted by molar-refractivity contribution is 8.13. The molecular formula is C14H19N5S. The van der Waals surface area contributed by atoms with Crippen LogP contribution >= 0.6 is 11.8 Å². The zero-order valence-corrected chi connectivity index (χ0v) is 12.7. The Morgan fingerprint density at radius 1 is 1.25 bits per heavy atom. The number of nitrogens with zero attached hydrogens (tertiary/aromatic N) is 4. The van der Waals surface area contributed by atoms with Gasteiger partial charge in [-0.25, -0.2) is 4.99 Å². The number of amidine groups is 1. The molecule has 1 aliphatic heterocycles. The number of nitrogens with one attached hydrogen (secondary N) is 1. The third-order valence-corrected chi connectivity index (χ3v) is 3.89. The summed E-state index contributed by atoms with van der Waals surface area (Å²) in [4.78, 5) is 9.11. The predicted octanol–water partition coefficient (Wildman–Crippen LogP) is 1.86. The summed E-state index contributed by atoms with van der Waals surface area (Å²) in [6.07, 6.45) is 3.78. The van der Waals surface area contributed by atoms with Crippen molar-refractivity contribution in [3.05, 3.63) is 24.3 Å². The van der Waals surface area contributed by atoms with Crippen LogP contribution in [0.15, 0.2) is 29.3 Å². The summed E-state index contributed by atoms with van der Waals surface area (Å²) in [5.41, 5.74) is 2.09. The zero-order valence-electron chi connectivity index (χ0n) is 11.8. The van der Waals surface area contributed by atoms with E-state index in [9.17, 15) is 0 Å². The fraction of sp³-hybridized carbons (Fsp3) is 0.429. The maximum absolute atomic E-state index is 8.62. The first kappa shape index (κ1) is 14.7. The number of piperazine rings is 1. The molecular weight excluding hydrogens is 270 g/mol. The van der Waals surface area contributed by atoms with Gasteiger partial charge in [-0.1, -0.05) is 11.8 Å². The van der Waals surface area contributed by atoms with Crippen LogP contribution in [-0.2, 0) is 0 Å². The average molecular weight is 289 g/mol. The molecule has 0 atom stereocenters. The number of hydrogen-bond acceptors (Lipinski definition) is 5. The molecule has 20 heavy (non-hydrogen) atoms. The first-order valence-corrected chi connectivity index (χ1v) is 7.77. The summed E-state index contributed by atoms with van der Waals surface area (Å²) in [5, 5.41) is 11.8. The second kappa shape index (κ2) is 7.17. The number of thioether (sulfide) groups is 1. The summed E-state index contributed by atoms with van der Waals surface area (Å²) in [5.74, 6) is 0. The molecule has 0 bridgehead atoms. The Morgan fingerprint density at radius 3 is 2.45 bits per heavy atom. The van der Waals surface area contributed by atoms with Gasteiger partial charge < -0.3 is 9.80 Å². The van der Waals surface area contributed by atoms with E-state index in [1.807, 2.05) is 24.6 Å². The van der Waals surface area contributed by atoms with Crippen LogP contribution < -0.4 is 10.2 Å². The molecule has 1 saturated heterocycles. The number of likely N-dealkylation sites (N-methyl/N-ethyl adjacent to an activating group) is 1. The molecule has 1 fully saturated rings. The standard InChI is InChI=1S/C14H19N5S/c1-18-7-9-19(10-8-18)13-5-3-12(4-6-13)17-14(20-2)16-11-15/h3-6H,7-10H2,1-2H3,(H,16,17). The van der Waals surface area contributed by atoms with Gasteiger partial charge in [-0.15, -0.1) is 0 Å². The number of aliphatic imine (C=N–C) groups is 1. The lowest BCUT2D eigenvalue weighted by Gasteiger charge is -2.34. The van der Waals surface area contributed by atoms with Crippen molar-refractivity contribution >= 4 is 28.3 Å². The smallest absolute Gasteiger partial charge is 0.183 e. The van der Waals surface area contributed by atoms with Crippen molar-refractivity contribution in [2.45, 2.75) is 0 Å². The van der Waals surface area contributed by atoms with Crippen molar-refractivity contribution in [1.29, 1.82) is 5.26 Å². The Kier molecular flexibility index (Phi) is 5.27. The van der Waals surface area contributed by atoms with Gasteiger partial charge in [0.05, 0.1) is 5.69 Å². The van der Waals surface area contributed by atoms with E-state index >= 15 is 0 Å². The van der Waals surface area contributed by atoms with Crippen LogP contribution in [0.2, 0.25) is 0 Å². The van der Waals surface area contributed by atoms with Crippen molar-refractivity contribution in [1.82, 2.24) is 10.2 Å². The third-order valence-electron chi connectivity index (χ3n) is 3.30. The number of benzene rings is 1. The zero-order chi connectivity index (χ0) is 14.4. The largest absolute Gasteiger partial charge is 0.369 e. The molecule has 0 saturated carbocycles. The molecule has 1 aromatic carbocycles. The summed E-state index contributed by atoms with van der Waals surface area (Å²) < 4.78 is 0. The normalized spacial score (nSPS) is 16.9. The SMILES string of the molecule is CSC(=Nc1ccc(N2CCN(C)CC2)cc1)NC#N. The van der Waals surface area contributed by atoms with Crippen molar-refractivity contribution in [3.63, 3.8) is 0 Å². The van der Waals surface area contributed by atoms with Crippen molar-refractivity contribution < 1.29 is 0 Å². The Bertz CT molecular complexity index is 497. The lowest BCUT2D eigenvalue weighted by Crippen LogP contribution is -2.44. The monoisotopic (exact) mass is 289 g/mol.